The van der Waals surface area contributed by atoms with Gasteiger partial charge < -0.3 is 15.6 Å². The maximum absolute atomic E-state index is 14.5. The van der Waals surface area contributed by atoms with Crippen LogP contribution in [0.25, 0.3) is 53.3 Å². The number of thiazole rings is 2. The lowest BCUT2D eigenvalue weighted by molar-refractivity contribution is 0.0975. The van der Waals surface area contributed by atoms with Crippen molar-refractivity contribution in [3.05, 3.63) is 189 Å². The minimum atomic E-state index is -0.291. The molecule has 0 bridgehead atoms. The van der Waals surface area contributed by atoms with Gasteiger partial charge in [0.2, 0.25) is 0 Å². The monoisotopic (exact) mass is 969 g/mol. The van der Waals surface area contributed by atoms with Crippen molar-refractivity contribution >= 4 is 89.4 Å². The summed E-state index contributed by atoms with van der Waals surface area (Å²) in [6.45, 7) is 19.2. The van der Waals surface area contributed by atoms with Gasteiger partial charge in [0.15, 0.2) is 5.84 Å². The Morgan fingerprint density at radius 2 is 1.08 bits per heavy atom. The fourth-order valence-electron chi connectivity index (χ4n) is 9.27. The summed E-state index contributed by atoms with van der Waals surface area (Å²) >= 11 is 3.11. The Hall–Kier alpha value is -7.60. The molecule has 1 aliphatic heterocycles. The van der Waals surface area contributed by atoms with Gasteiger partial charge in [-0.1, -0.05) is 139 Å². The van der Waals surface area contributed by atoms with Gasteiger partial charge in [0, 0.05) is 22.3 Å². The van der Waals surface area contributed by atoms with Crippen molar-refractivity contribution in [2.45, 2.75) is 80.1 Å². The van der Waals surface area contributed by atoms with E-state index in [2.05, 4.69) is 113 Å². The van der Waals surface area contributed by atoms with E-state index in [0.717, 1.165) is 70.0 Å². The normalized spacial score (nSPS) is 13.4. The summed E-state index contributed by atoms with van der Waals surface area (Å²) in [6.07, 6.45) is 0. The summed E-state index contributed by atoms with van der Waals surface area (Å²) in [6, 6.07) is 44.5. The number of rotatable bonds is 11. The fraction of sp³-hybridized carbons (Fsp3) is 0.200. The van der Waals surface area contributed by atoms with Gasteiger partial charge in [0.25, 0.3) is 11.8 Å². The topological polar surface area (TPSA) is 124 Å². The van der Waals surface area contributed by atoms with Crippen molar-refractivity contribution in [3.63, 3.8) is 0 Å². The van der Waals surface area contributed by atoms with Gasteiger partial charge in [0.1, 0.15) is 27.5 Å². The molecule has 0 aliphatic carbocycles. The van der Waals surface area contributed by atoms with E-state index in [4.69, 9.17) is 20.0 Å². The molecule has 354 valence electrons. The molecule has 2 amide bonds. The van der Waals surface area contributed by atoms with Crippen molar-refractivity contribution in [2.24, 2.45) is 9.98 Å². The van der Waals surface area contributed by atoms with Crippen molar-refractivity contribution in [3.8, 4) is 21.7 Å². The van der Waals surface area contributed by atoms with Crippen LogP contribution in [0.1, 0.15) is 124 Å². The number of amidine groups is 2. The van der Waals surface area contributed by atoms with Crippen LogP contribution >= 0.6 is 22.7 Å². The van der Waals surface area contributed by atoms with Crippen LogP contribution in [0.2, 0.25) is 0 Å². The molecule has 71 heavy (non-hydrogen) atoms. The van der Waals surface area contributed by atoms with Crippen LogP contribution in [0.3, 0.4) is 0 Å². The molecule has 0 saturated carbocycles. The Kier molecular flexibility index (Phi) is 12.8. The standard InChI is InChI=1S/C60H55N7O2S2/c1-32(2)38-26-28-40(37(9)30-38)49-51(59-61-45-22-14-16-24-47(45)70-59)55(66-57(68)41-20-12-10-18-35(41)7)64-53(49)63-54-50(43-29-27-39(33(3)4)31-44(43)34(5)6)52(60-62-46-23-15-17-25-48(46)71-60)56(65-54)67-58(69)42-21-13-11-19-36(42)8/h10-34,64H,1-9H3,(H,66,68)(H,63,65,67,69). The quantitative estimate of drug-likeness (QED) is 0.119. The largest absolute Gasteiger partial charge is 0.325 e. The highest BCUT2D eigenvalue weighted by atomic mass is 32.1. The third kappa shape index (κ3) is 9.07. The number of aromatic amines is 1. The molecule has 3 N–H and O–H groups in total. The second kappa shape index (κ2) is 19.3. The molecule has 0 radical (unpaired) electrons. The zero-order valence-corrected chi connectivity index (χ0v) is 43.0. The van der Waals surface area contributed by atoms with Crippen LogP contribution in [0.4, 0.5) is 11.6 Å². The van der Waals surface area contributed by atoms with Gasteiger partial charge in [-0.25, -0.2) is 20.0 Å². The Morgan fingerprint density at radius 1 is 0.549 bits per heavy atom. The van der Waals surface area contributed by atoms with Crippen LogP contribution in [-0.4, -0.2) is 38.4 Å². The summed E-state index contributed by atoms with van der Waals surface area (Å²) in [5.74, 6) is 1.79. The first kappa shape index (κ1) is 47.1. The van der Waals surface area contributed by atoms with E-state index in [1.54, 1.807) is 22.7 Å². The highest BCUT2D eigenvalue weighted by Gasteiger charge is 2.35. The van der Waals surface area contributed by atoms with Crippen LogP contribution in [0.5, 0.6) is 0 Å². The molecule has 6 aromatic carbocycles. The molecule has 0 unspecified atom stereocenters. The molecule has 1 aliphatic rings. The predicted octanol–water partition coefficient (Wildman–Crippen LogP) is 15.6. The van der Waals surface area contributed by atoms with Crippen molar-refractivity contribution in [2.75, 3.05) is 5.32 Å². The van der Waals surface area contributed by atoms with E-state index >= 15 is 0 Å². The molecular weight excluding hydrogens is 915 g/mol. The van der Waals surface area contributed by atoms with Crippen LogP contribution in [0.15, 0.2) is 143 Å². The number of H-pyrrole nitrogens is 1. The Balaban J connectivity index is 1.30. The first-order chi connectivity index (χ1) is 34.2. The molecule has 0 saturated heterocycles. The smallest absolute Gasteiger partial charge is 0.257 e. The molecule has 9 aromatic rings. The average molecular weight is 970 g/mol. The number of amides is 2. The van der Waals surface area contributed by atoms with E-state index < -0.39 is 0 Å². The van der Waals surface area contributed by atoms with Gasteiger partial charge in [-0.15, -0.1) is 22.7 Å². The van der Waals surface area contributed by atoms with Crippen molar-refractivity contribution in [1.29, 1.82) is 0 Å². The SMILES string of the molecule is Cc1ccccc1C(=O)NC1=NC(=Nc2[nH]c(NC(=O)c3ccccc3C)c(-c3nc4ccccc4s3)c2-c2ccc(C(C)C)cc2C)C(c2ccc(C(C)C)cc2C(C)C)=C1c1nc2ccccc2s1. The number of aliphatic imine (C=N–C) groups is 2. The van der Waals surface area contributed by atoms with E-state index in [-0.39, 0.29) is 23.7 Å². The number of aryl methyl sites for hydroxylation is 3. The minimum absolute atomic E-state index is 0.108. The fourth-order valence-corrected chi connectivity index (χ4v) is 11.3. The molecule has 9 nitrogen and oxygen atoms in total. The number of hydrogen-bond acceptors (Lipinski definition) is 7. The number of carbonyl (C=O) groups is 2. The zero-order chi connectivity index (χ0) is 49.7. The van der Waals surface area contributed by atoms with E-state index in [9.17, 15) is 9.59 Å². The maximum Gasteiger partial charge on any atom is 0.257 e. The van der Waals surface area contributed by atoms with Crippen LogP contribution in [-0.2, 0) is 0 Å². The van der Waals surface area contributed by atoms with Gasteiger partial charge >= 0.3 is 0 Å². The highest BCUT2D eigenvalue weighted by Crippen LogP contribution is 2.49. The summed E-state index contributed by atoms with van der Waals surface area (Å²) < 4.78 is 2.02. The number of benzene rings is 6. The third-order valence-electron chi connectivity index (χ3n) is 13.2. The Morgan fingerprint density at radius 3 is 1.66 bits per heavy atom. The van der Waals surface area contributed by atoms with Crippen molar-refractivity contribution in [1.82, 2.24) is 20.3 Å². The molecule has 0 spiro atoms. The molecule has 4 heterocycles. The van der Waals surface area contributed by atoms with Gasteiger partial charge in [-0.2, -0.15) is 0 Å². The lowest BCUT2D eigenvalue weighted by Crippen LogP contribution is -2.31. The van der Waals surface area contributed by atoms with E-state index in [1.807, 2.05) is 98.8 Å². The minimum Gasteiger partial charge on any atom is -0.325 e. The van der Waals surface area contributed by atoms with Gasteiger partial charge in [-0.3, -0.25) is 9.59 Å². The van der Waals surface area contributed by atoms with Crippen LogP contribution < -0.4 is 10.6 Å². The summed E-state index contributed by atoms with van der Waals surface area (Å²) in [4.78, 5) is 54.2. The third-order valence-corrected chi connectivity index (χ3v) is 15.3. The summed E-state index contributed by atoms with van der Waals surface area (Å²) in [7, 11) is 0. The highest BCUT2D eigenvalue weighted by molar-refractivity contribution is 7.21. The summed E-state index contributed by atoms with van der Waals surface area (Å²) in [5, 5.41) is 7.98. The number of anilines is 1. The number of nitrogens with one attached hydrogen (secondary N) is 3. The van der Waals surface area contributed by atoms with Gasteiger partial charge in [-0.05, 0) is 119 Å². The van der Waals surface area contributed by atoms with Crippen LogP contribution in [0, 0.1) is 20.8 Å². The molecule has 11 heteroatoms. The predicted molar refractivity (Wildman–Crippen MR) is 297 cm³/mol. The number of nitrogens with zero attached hydrogens (tertiary/aromatic N) is 4. The lowest BCUT2D eigenvalue weighted by Gasteiger charge is -2.18. The zero-order valence-electron chi connectivity index (χ0n) is 41.4. The molecule has 0 fully saturated rings. The number of aromatic nitrogens is 3. The summed E-state index contributed by atoms with van der Waals surface area (Å²) in [5.41, 5.74) is 13.8. The average Bonchev–Trinajstić information content (AvgIpc) is 4.14. The number of carbonyl (C=O) groups excluding carboxylic acids is 2. The lowest BCUT2D eigenvalue weighted by atomic mass is 9.87. The Labute approximate surface area is 422 Å². The molecular formula is C60H55N7O2S2. The Bertz CT molecular complexity index is 3610. The van der Waals surface area contributed by atoms with E-state index in [1.165, 1.54) is 11.1 Å². The van der Waals surface area contributed by atoms with Crippen molar-refractivity contribution < 1.29 is 9.59 Å². The maximum atomic E-state index is 14.5. The molecule has 0 atom stereocenters. The number of hydrogen-bond donors (Lipinski definition) is 3. The number of para-hydroxylation sites is 2. The second-order valence-electron chi connectivity index (χ2n) is 19.1. The molecule has 10 rings (SSSR count). The second-order valence-corrected chi connectivity index (χ2v) is 21.2. The molecule has 3 aromatic heterocycles. The first-order valence-corrected chi connectivity index (χ1v) is 25.8. The first-order valence-electron chi connectivity index (χ1n) is 24.1. The number of fused-ring (bicyclic) bond motifs is 2. The van der Waals surface area contributed by atoms with E-state index in [0.29, 0.717) is 56.5 Å². The van der Waals surface area contributed by atoms with Gasteiger partial charge in [0.05, 0.1) is 31.6 Å².